The average molecular weight is 378 g/mol. The molecule has 0 spiro atoms. The second kappa shape index (κ2) is 8.39. The molecule has 0 N–H and O–H groups in total. The van der Waals surface area contributed by atoms with Crippen molar-refractivity contribution in [3.63, 3.8) is 0 Å². The Labute approximate surface area is 156 Å². The Balaban J connectivity index is 1.89. The molecule has 0 saturated carbocycles. The van der Waals surface area contributed by atoms with Crippen molar-refractivity contribution in [3.05, 3.63) is 36.2 Å². The molecule has 3 rings (SSSR count). The number of aromatic nitrogens is 2. The van der Waals surface area contributed by atoms with E-state index >= 15 is 0 Å². The van der Waals surface area contributed by atoms with Crippen molar-refractivity contribution in [2.75, 3.05) is 24.5 Å². The summed E-state index contributed by atoms with van der Waals surface area (Å²) in [5.41, 5.74) is 0.182. The van der Waals surface area contributed by atoms with Crippen LogP contribution in [0.25, 0.3) is 5.70 Å². The normalized spacial score (nSPS) is 21.2. The minimum atomic E-state index is -2.65. The Bertz CT molecular complexity index is 749. The van der Waals surface area contributed by atoms with Crippen LogP contribution in [0.4, 0.5) is 14.6 Å². The maximum atomic E-state index is 13.0. The smallest absolute Gasteiger partial charge is 0.281 e. The van der Waals surface area contributed by atoms with Gasteiger partial charge >= 0.3 is 0 Å². The molecule has 1 fully saturated rings. The Morgan fingerprint density at radius 2 is 2.31 bits per heavy atom. The van der Waals surface area contributed by atoms with E-state index in [1.165, 1.54) is 18.6 Å². The van der Waals surface area contributed by atoms with Crippen molar-refractivity contribution < 1.29 is 8.78 Å². The van der Waals surface area contributed by atoms with Gasteiger partial charge in [0.25, 0.3) is 6.43 Å². The summed E-state index contributed by atoms with van der Waals surface area (Å²) in [6.45, 7) is 5.50. The minimum absolute atomic E-state index is 0.307. The first-order valence-corrected chi connectivity index (χ1v) is 8.81. The topological polar surface area (TPSA) is 57.0 Å². The lowest BCUT2D eigenvalue weighted by Gasteiger charge is -2.31. The van der Waals surface area contributed by atoms with Crippen molar-refractivity contribution in [1.29, 1.82) is 0 Å². The van der Waals surface area contributed by atoms with Gasteiger partial charge in [-0.25, -0.2) is 18.7 Å². The van der Waals surface area contributed by atoms with E-state index in [2.05, 4.69) is 44.2 Å². The van der Waals surface area contributed by atoms with E-state index in [1.54, 1.807) is 11.1 Å². The van der Waals surface area contributed by atoms with Gasteiger partial charge in [0, 0.05) is 37.0 Å². The van der Waals surface area contributed by atoms with E-state index in [0.717, 1.165) is 31.7 Å². The monoisotopic (exact) mass is 378 g/mol. The maximum Gasteiger partial charge on any atom is 0.281 e. The predicted molar refractivity (Wildman–Crippen MR) is 103 cm³/mol. The molecular weight excluding hydrogens is 358 g/mol. The SMILES string of the molecule is C=N/C=C(/c1nccc(N2CCCC(S)C2)n1)N1C=C(C(F)F)N=CC1. The number of piperidine rings is 1. The van der Waals surface area contributed by atoms with Gasteiger partial charge in [-0.05, 0) is 25.6 Å². The molecule has 9 heteroatoms. The molecule has 138 valence electrons. The van der Waals surface area contributed by atoms with Crippen molar-refractivity contribution in [2.24, 2.45) is 9.98 Å². The molecule has 1 aromatic heterocycles. The molecule has 0 aliphatic carbocycles. The van der Waals surface area contributed by atoms with E-state index in [9.17, 15) is 8.78 Å². The first-order valence-electron chi connectivity index (χ1n) is 8.30. The van der Waals surface area contributed by atoms with Gasteiger partial charge in [0.05, 0.1) is 12.7 Å². The number of rotatable bonds is 5. The lowest BCUT2D eigenvalue weighted by Crippen LogP contribution is -2.36. The molecule has 2 aliphatic rings. The van der Waals surface area contributed by atoms with Gasteiger partial charge in [-0.15, -0.1) is 0 Å². The molecule has 1 unspecified atom stereocenters. The molecule has 2 aliphatic heterocycles. The first kappa shape index (κ1) is 18.5. The molecule has 1 saturated heterocycles. The highest BCUT2D eigenvalue weighted by atomic mass is 32.1. The maximum absolute atomic E-state index is 13.0. The molecule has 1 aromatic rings. The van der Waals surface area contributed by atoms with Gasteiger partial charge in [-0.1, -0.05) is 0 Å². The lowest BCUT2D eigenvalue weighted by atomic mass is 10.1. The molecule has 0 bridgehead atoms. The molecular formula is C17H20F2N6S. The van der Waals surface area contributed by atoms with Crippen molar-refractivity contribution in [3.8, 4) is 0 Å². The number of hydrogen-bond acceptors (Lipinski definition) is 7. The summed E-state index contributed by atoms with van der Waals surface area (Å²) in [6.07, 6.45) is 5.33. The van der Waals surface area contributed by atoms with Crippen molar-refractivity contribution in [2.45, 2.75) is 24.5 Å². The molecule has 6 nitrogen and oxygen atoms in total. The summed E-state index contributed by atoms with van der Waals surface area (Å²) in [5, 5.41) is 0.307. The summed E-state index contributed by atoms with van der Waals surface area (Å²) >= 11 is 4.56. The van der Waals surface area contributed by atoms with Crippen LogP contribution in [0, 0.1) is 0 Å². The highest BCUT2D eigenvalue weighted by molar-refractivity contribution is 7.81. The predicted octanol–water partition coefficient (Wildman–Crippen LogP) is 2.87. The second-order valence-corrected chi connectivity index (χ2v) is 6.73. The van der Waals surface area contributed by atoms with Crippen LogP contribution < -0.4 is 4.90 Å². The molecule has 3 heterocycles. The first-order chi connectivity index (χ1) is 12.6. The molecule has 0 aromatic carbocycles. The Kier molecular flexibility index (Phi) is 5.97. The summed E-state index contributed by atoms with van der Waals surface area (Å²) < 4.78 is 26.0. The van der Waals surface area contributed by atoms with Gasteiger partial charge in [-0.3, -0.25) is 9.98 Å². The van der Waals surface area contributed by atoms with Gasteiger partial charge < -0.3 is 9.80 Å². The van der Waals surface area contributed by atoms with Crippen LogP contribution in [-0.2, 0) is 0 Å². The quantitative estimate of drug-likeness (QED) is 0.632. The summed E-state index contributed by atoms with van der Waals surface area (Å²) in [4.78, 5) is 20.2. The van der Waals surface area contributed by atoms with Gasteiger partial charge in [0.1, 0.15) is 17.2 Å². The van der Waals surface area contributed by atoms with Crippen LogP contribution in [0.2, 0.25) is 0 Å². The highest BCUT2D eigenvalue weighted by Crippen LogP contribution is 2.25. The molecule has 1 atom stereocenters. The lowest BCUT2D eigenvalue weighted by molar-refractivity contribution is 0.185. The Hall–Kier alpha value is -2.29. The van der Waals surface area contributed by atoms with Crippen LogP contribution in [0.5, 0.6) is 0 Å². The number of aliphatic imine (C=N–C) groups is 2. The average Bonchev–Trinajstić information content (AvgIpc) is 2.66. The van der Waals surface area contributed by atoms with E-state index in [0.29, 0.717) is 23.3 Å². The van der Waals surface area contributed by atoms with E-state index in [1.807, 2.05) is 6.07 Å². The number of alkyl halides is 2. The van der Waals surface area contributed by atoms with Gasteiger partial charge in [-0.2, -0.15) is 12.6 Å². The van der Waals surface area contributed by atoms with Crippen LogP contribution in [-0.4, -0.2) is 59.1 Å². The molecule has 26 heavy (non-hydrogen) atoms. The van der Waals surface area contributed by atoms with E-state index in [4.69, 9.17) is 0 Å². The zero-order chi connectivity index (χ0) is 18.5. The standard InChI is InChI=1S/C17H20F2N6S/c1-20-9-14(24-8-6-21-13(11-24)16(18)19)17-22-5-4-15(23-17)25-7-2-3-12(26)10-25/h4-6,9,11-12,16,26H,1-3,7-8,10H2/b14-9-. The van der Waals surface area contributed by atoms with E-state index < -0.39 is 6.43 Å². The molecule has 0 amide bonds. The largest absolute Gasteiger partial charge is 0.355 e. The zero-order valence-electron chi connectivity index (χ0n) is 14.2. The number of halogens is 2. The fraction of sp³-hybridized carbons (Fsp3) is 0.412. The zero-order valence-corrected chi connectivity index (χ0v) is 15.1. The van der Waals surface area contributed by atoms with Gasteiger partial charge in [0.2, 0.25) is 0 Å². The summed E-state index contributed by atoms with van der Waals surface area (Å²) in [5.74, 6) is 1.18. The van der Waals surface area contributed by atoms with Crippen molar-refractivity contribution in [1.82, 2.24) is 14.9 Å². The van der Waals surface area contributed by atoms with Gasteiger partial charge in [0.15, 0.2) is 5.82 Å². The number of anilines is 1. The third-order valence-electron chi connectivity index (χ3n) is 4.14. The number of nitrogens with zero attached hydrogens (tertiary/aromatic N) is 6. The molecule has 0 radical (unpaired) electrons. The number of allylic oxidation sites excluding steroid dienone is 1. The van der Waals surface area contributed by atoms with Crippen LogP contribution >= 0.6 is 12.6 Å². The van der Waals surface area contributed by atoms with Crippen molar-refractivity contribution >= 4 is 37.1 Å². The highest BCUT2D eigenvalue weighted by Gasteiger charge is 2.22. The minimum Gasteiger partial charge on any atom is -0.355 e. The fourth-order valence-electron chi connectivity index (χ4n) is 2.92. The third kappa shape index (κ3) is 4.27. The van der Waals surface area contributed by atoms with Crippen LogP contribution in [0.3, 0.4) is 0 Å². The fourth-order valence-corrected chi connectivity index (χ4v) is 3.30. The summed E-state index contributed by atoms with van der Waals surface area (Å²) in [6, 6.07) is 1.84. The number of hydrogen-bond donors (Lipinski definition) is 1. The third-order valence-corrected chi connectivity index (χ3v) is 4.57. The Morgan fingerprint density at radius 3 is 3.04 bits per heavy atom. The van der Waals surface area contributed by atoms with E-state index in [-0.39, 0.29) is 5.70 Å². The second-order valence-electron chi connectivity index (χ2n) is 6.00. The summed E-state index contributed by atoms with van der Waals surface area (Å²) in [7, 11) is 0. The van der Waals surface area contributed by atoms with Crippen LogP contribution in [0.15, 0.2) is 40.3 Å². The number of thiol groups is 1. The van der Waals surface area contributed by atoms with Crippen LogP contribution in [0.1, 0.15) is 18.7 Å². The Morgan fingerprint density at radius 1 is 1.46 bits per heavy atom.